The number of rotatable bonds is 0. The van der Waals surface area contributed by atoms with Crippen LogP contribution in [-0.2, 0) is 0 Å². The summed E-state index contributed by atoms with van der Waals surface area (Å²) in [5.74, 6) is 1.51. The van der Waals surface area contributed by atoms with E-state index in [-0.39, 0.29) is 3.55 Å². The molecule has 0 radical (unpaired) electrons. The first kappa shape index (κ1) is 9.78. The van der Waals surface area contributed by atoms with Crippen LogP contribution in [0.4, 0.5) is 0 Å². The fraction of sp³-hybridized carbons (Fsp3) is 1.00. The zero-order valence-electron chi connectivity index (χ0n) is 7.44. The molecule has 0 spiro atoms. The molecule has 11 heavy (non-hydrogen) atoms. The summed E-state index contributed by atoms with van der Waals surface area (Å²) in [7, 11) is 0. The van der Waals surface area contributed by atoms with Gasteiger partial charge in [0.15, 0.2) is 0 Å². The summed E-state index contributed by atoms with van der Waals surface area (Å²) in [4.78, 5) is 0. The van der Waals surface area contributed by atoms with E-state index < -0.39 is 0 Å². The van der Waals surface area contributed by atoms with Gasteiger partial charge in [-0.15, -0.1) is 0 Å². The number of hydrogen-bond acceptors (Lipinski definition) is 1. The summed E-state index contributed by atoms with van der Waals surface area (Å²) >= 11 is 2.43. The lowest BCUT2D eigenvalue weighted by Crippen LogP contribution is -2.39. The normalized spacial score (nSPS) is 46.9. The van der Waals surface area contributed by atoms with Gasteiger partial charge < -0.3 is 5.73 Å². The van der Waals surface area contributed by atoms with Crippen molar-refractivity contribution >= 4 is 22.6 Å². The van der Waals surface area contributed by atoms with Crippen LogP contribution in [0.25, 0.3) is 0 Å². The number of halogens is 1. The lowest BCUT2D eigenvalue weighted by atomic mass is 9.95. The molecule has 0 bridgehead atoms. The SMILES string of the molecule is CC1CCC[C@@H](C)C[C@@]1(N)I. The molecule has 0 aromatic carbocycles. The molecule has 1 unspecified atom stereocenters. The minimum absolute atomic E-state index is 0.0632. The van der Waals surface area contributed by atoms with Gasteiger partial charge in [0.25, 0.3) is 0 Å². The Labute approximate surface area is 83.3 Å². The second-order valence-electron chi connectivity index (χ2n) is 4.07. The summed E-state index contributed by atoms with van der Waals surface area (Å²) in [5.41, 5.74) is 6.20. The van der Waals surface area contributed by atoms with E-state index in [2.05, 4.69) is 36.4 Å². The standard InChI is InChI=1S/C9H18IN/c1-7-4-3-5-8(2)9(10,11)6-7/h7-8H,3-6,11H2,1-2H3/t7-,8?,9+/m1/s1. The zero-order valence-corrected chi connectivity index (χ0v) is 9.60. The molecule has 0 heterocycles. The third kappa shape index (κ3) is 2.58. The Bertz CT molecular complexity index is 134. The Hall–Kier alpha value is 0.690. The molecule has 1 fully saturated rings. The quantitative estimate of drug-likeness (QED) is 0.310. The lowest BCUT2D eigenvalue weighted by molar-refractivity contribution is 0.386. The van der Waals surface area contributed by atoms with Gasteiger partial charge in [-0.2, -0.15) is 0 Å². The maximum absolute atomic E-state index is 6.20. The van der Waals surface area contributed by atoms with Crippen LogP contribution in [0, 0.1) is 11.8 Å². The van der Waals surface area contributed by atoms with Crippen LogP contribution >= 0.6 is 22.6 Å². The second-order valence-corrected chi connectivity index (χ2v) is 6.08. The van der Waals surface area contributed by atoms with Crippen molar-refractivity contribution in [2.75, 3.05) is 0 Å². The van der Waals surface area contributed by atoms with Gasteiger partial charge >= 0.3 is 0 Å². The van der Waals surface area contributed by atoms with E-state index in [4.69, 9.17) is 5.73 Å². The number of alkyl halides is 1. The van der Waals surface area contributed by atoms with Crippen molar-refractivity contribution in [2.45, 2.75) is 43.1 Å². The minimum Gasteiger partial charge on any atom is -0.317 e. The predicted octanol–water partition coefficient (Wildman–Crippen LogP) is 2.92. The maximum atomic E-state index is 6.20. The molecule has 0 saturated heterocycles. The van der Waals surface area contributed by atoms with E-state index in [1.165, 1.54) is 25.7 Å². The molecule has 0 aliphatic heterocycles. The van der Waals surface area contributed by atoms with Crippen LogP contribution in [-0.4, -0.2) is 3.55 Å². The fourth-order valence-corrected chi connectivity index (χ4v) is 2.91. The zero-order chi connectivity index (χ0) is 8.48. The van der Waals surface area contributed by atoms with Crippen LogP contribution in [0.15, 0.2) is 0 Å². The van der Waals surface area contributed by atoms with Crippen LogP contribution in [0.5, 0.6) is 0 Å². The number of nitrogens with two attached hydrogens (primary N) is 1. The Kier molecular flexibility index (Phi) is 3.20. The summed E-state index contributed by atoms with van der Waals surface area (Å²) in [5, 5.41) is 0. The van der Waals surface area contributed by atoms with Gasteiger partial charge in [-0.3, -0.25) is 0 Å². The monoisotopic (exact) mass is 267 g/mol. The first-order chi connectivity index (χ1) is 5.02. The molecule has 1 aliphatic carbocycles. The topological polar surface area (TPSA) is 26.0 Å². The Morgan fingerprint density at radius 1 is 1.36 bits per heavy atom. The molecule has 0 amide bonds. The summed E-state index contributed by atoms with van der Waals surface area (Å²) < 4.78 is 0.0632. The van der Waals surface area contributed by atoms with Gasteiger partial charge in [0, 0.05) is 0 Å². The highest BCUT2D eigenvalue weighted by molar-refractivity contribution is 14.1. The van der Waals surface area contributed by atoms with Gasteiger partial charge in [0.2, 0.25) is 0 Å². The Balaban J connectivity index is 2.60. The van der Waals surface area contributed by atoms with E-state index in [1.54, 1.807) is 0 Å². The highest BCUT2D eigenvalue weighted by atomic mass is 127. The molecule has 3 atom stereocenters. The molecule has 1 aliphatic rings. The average molecular weight is 267 g/mol. The Morgan fingerprint density at radius 3 is 2.64 bits per heavy atom. The molecule has 2 heteroatoms. The lowest BCUT2D eigenvalue weighted by Gasteiger charge is -2.28. The van der Waals surface area contributed by atoms with Crippen molar-refractivity contribution in [1.82, 2.24) is 0 Å². The van der Waals surface area contributed by atoms with Crippen molar-refractivity contribution < 1.29 is 0 Å². The molecule has 66 valence electrons. The van der Waals surface area contributed by atoms with Crippen LogP contribution in [0.2, 0.25) is 0 Å². The first-order valence-corrected chi connectivity index (χ1v) is 5.58. The van der Waals surface area contributed by atoms with Crippen molar-refractivity contribution in [3.05, 3.63) is 0 Å². The molecule has 1 nitrogen and oxygen atoms in total. The molecule has 0 aromatic rings. The van der Waals surface area contributed by atoms with Crippen LogP contribution < -0.4 is 5.73 Å². The average Bonchev–Trinajstić information content (AvgIpc) is 1.93. The van der Waals surface area contributed by atoms with E-state index in [0.717, 1.165) is 5.92 Å². The molecule has 1 rings (SSSR count). The van der Waals surface area contributed by atoms with E-state index >= 15 is 0 Å². The predicted molar refractivity (Wildman–Crippen MR) is 57.7 cm³/mol. The molecule has 1 saturated carbocycles. The smallest absolute Gasteiger partial charge is 0.0708 e. The summed E-state index contributed by atoms with van der Waals surface area (Å²) in [6, 6.07) is 0. The maximum Gasteiger partial charge on any atom is 0.0708 e. The largest absolute Gasteiger partial charge is 0.317 e. The fourth-order valence-electron chi connectivity index (χ4n) is 1.85. The van der Waals surface area contributed by atoms with Crippen LogP contribution in [0.1, 0.15) is 39.5 Å². The van der Waals surface area contributed by atoms with E-state index in [1.807, 2.05) is 0 Å². The van der Waals surface area contributed by atoms with Gasteiger partial charge in [0.05, 0.1) is 3.55 Å². The van der Waals surface area contributed by atoms with E-state index in [0.29, 0.717) is 5.92 Å². The minimum atomic E-state index is 0.0632. The molecular weight excluding hydrogens is 249 g/mol. The van der Waals surface area contributed by atoms with Crippen molar-refractivity contribution in [3.63, 3.8) is 0 Å². The Morgan fingerprint density at radius 2 is 2.00 bits per heavy atom. The third-order valence-electron chi connectivity index (χ3n) is 2.81. The van der Waals surface area contributed by atoms with E-state index in [9.17, 15) is 0 Å². The van der Waals surface area contributed by atoms with Crippen molar-refractivity contribution in [2.24, 2.45) is 17.6 Å². The highest BCUT2D eigenvalue weighted by Gasteiger charge is 2.32. The summed E-state index contributed by atoms with van der Waals surface area (Å²) in [6.45, 7) is 4.60. The van der Waals surface area contributed by atoms with Gasteiger partial charge in [0.1, 0.15) is 0 Å². The molecule has 2 N–H and O–H groups in total. The highest BCUT2D eigenvalue weighted by Crippen LogP contribution is 2.37. The van der Waals surface area contributed by atoms with Crippen molar-refractivity contribution in [3.8, 4) is 0 Å². The second kappa shape index (κ2) is 3.60. The first-order valence-electron chi connectivity index (χ1n) is 4.50. The molecule has 0 aromatic heterocycles. The van der Waals surface area contributed by atoms with Crippen molar-refractivity contribution in [1.29, 1.82) is 0 Å². The van der Waals surface area contributed by atoms with Gasteiger partial charge in [-0.05, 0) is 24.7 Å². The summed E-state index contributed by atoms with van der Waals surface area (Å²) in [6.07, 6.45) is 5.23. The number of hydrogen-bond donors (Lipinski definition) is 1. The third-order valence-corrected chi connectivity index (χ3v) is 4.32. The van der Waals surface area contributed by atoms with Gasteiger partial charge in [-0.25, -0.2) is 0 Å². The van der Waals surface area contributed by atoms with Crippen LogP contribution in [0.3, 0.4) is 0 Å². The van der Waals surface area contributed by atoms with Gasteiger partial charge in [-0.1, -0.05) is 49.3 Å². The molecular formula is C9H18IN.